The summed E-state index contributed by atoms with van der Waals surface area (Å²) in [7, 11) is -2.24. The molecule has 280 valence electrons. The maximum Gasteiger partial charge on any atom is 0.419 e. The van der Waals surface area contributed by atoms with Crippen LogP contribution in [0.25, 0.3) is 39.2 Å². The molecule has 6 aromatic rings. The Morgan fingerprint density at radius 1 is 1.00 bits per heavy atom. The first-order valence-electron chi connectivity index (χ1n) is 17.9. The van der Waals surface area contributed by atoms with Gasteiger partial charge in [-0.15, -0.1) is 0 Å². The molecule has 0 aliphatic heterocycles. The van der Waals surface area contributed by atoms with Crippen LogP contribution in [0.15, 0.2) is 111 Å². The lowest BCUT2D eigenvalue weighted by Gasteiger charge is -2.39. The Morgan fingerprint density at radius 3 is 2.52 bits per heavy atom. The number of phenolic OH excluding ortho intramolecular Hbond substituents is 1. The van der Waals surface area contributed by atoms with Crippen LogP contribution in [0.3, 0.4) is 0 Å². The number of aryl methyl sites for hydroxylation is 1. The van der Waals surface area contributed by atoms with Gasteiger partial charge in [0.2, 0.25) is 5.56 Å². The van der Waals surface area contributed by atoms with Gasteiger partial charge in [0, 0.05) is 36.7 Å². The van der Waals surface area contributed by atoms with Crippen LogP contribution < -0.4 is 21.9 Å². The number of H-pyrrole nitrogens is 1. The molecule has 2 aromatic heterocycles. The number of nitrogens with one attached hydrogen (secondary N) is 3. The van der Waals surface area contributed by atoms with E-state index in [1.54, 1.807) is 22.8 Å². The number of carboxylic acid groups (broad SMARTS) is 1. The standard InChI is InChI=1S/C42H46N4O7Si/c1-42(2,3)54(4,5)53-37(30-16-20-35(47)39-31(30)17-21-38(48)45-39)26-43-25-28-15-19-34-36(24-28)52-41(51)46(34)22-10-9-11-27-14-18-33(44-40(49)50)32(23-27)29-12-7-6-8-13-29/h6-9,11-21,23-24,37,43-44,47H,10,22,25-26H2,1-5H3,(H,45,48)(H,49,50)/b11-9+. The summed E-state index contributed by atoms with van der Waals surface area (Å²) >= 11 is 0. The third-order valence-corrected chi connectivity index (χ3v) is 14.6. The van der Waals surface area contributed by atoms with Gasteiger partial charge in [-0.2, -0.15) is 0 Å². The lowest BCUT2D eigenvalue weighted by atomic mass is 10.0. The molecule has 1 unspecified atom stereocenters. The summed E-state index contributed by atoms with van der Waals surface area (Å²) in [5.74, 6) is -0.429. The van der Waals surface area contributed by atoms with E-state index in [1.165, 1.54) is 6.07 Å². The quantitative estimate of drug-likeness (QED) is 0.0734. The van der Waals surface area contributed by atoms with Crippen molar-refractivity contribution in [2.24, 2.45) is 0 Å². The molecular formula is C42H46N4O7Si. The Hall–Kier alpha value is -5.69. The predicted octanol–water partition coefficient (Wildman–Crippen LogP) is 8.85. The highest BCUT2D eigenvalue weighted by Gasteiger charge is 2.39. The number of oxazole rings is 1. The highest BCUT2D eigenvalue weighted by atomic mass is 28.4. The van der Waals surface area contributed by atoms with Crippen LogP contribution in [0.2, 0.25) is 18.1 Å². The largest absolute Gasteiger partial charge is 0.506 e. The minimum absolute atomic E-state index is 0.00249. The fourth-order valence-electron chi connectivity index (χ4n) is 6.24. The van der Waals surface area contributed by atoms with Gasteiger partial charge in [-0.05, 0) is 83.2 Å². The number of aromatic amines is 1. The molecule has 1 atom stereocenters. The van der Waals surface area contributed by atoms with E-state index in [1.807, 2.05) is 78.9 Å². The fraction of sp³-hybridized carbons (Fsp3) is 0.262. The Kier molecular flexibility index (Phi) is 11.1. The van der Waals surface area contributed by atoms with E-state index in [0.717, 1.165) is 33.2 Å². The normalized spacial score (nSPS) is 12.8. The maximum absolute atomic E-state index is 12.9. The van der Waals surface area contributed by atoms with Crippen LogP contribution >= 0.6 is 0 Å². The third-order valence-electron chi connectivity index (χ3n) is 10.1. The van der Waals surface area contributed by atoms with Crippen molar-refractivity contribution in [3.05, 3.63) is 135 Å². The molecule has 0 aliphatic rings. The number of anilines is 1. The number of carbonyl (C=O) groups is 1. The molecule has 0 aliphatic carbocycles. The number of amides is 1. The van der Waals surface area contributed by atoms with Gasteiger partial charge >= 0.3 is 11.8 Å². The molecule has 0 saturated heterocycles. The number of allylic oxidation sites excluding steroid dienone is 1. The van der Waals surface area contributed by atoms with E-state index in [0.29, 0.717) is 48.4 Å². The number of rotatable bonds is 13. The predicted molar refractivity (Wildman–Crippen MR) is 217 cm³/mol. The minimum atomic E-state index is -2.24. The van der Waals surface area contributed by atoms with Crippen molar-refractivity contribution in [2.45, 2.75) is 64.5 Å². The summed E-state index contributed by atoms with van der Waals surface area (Å²) in [6, 6.07) is 27.5. The van der Waals surface area contributed by atoms with Crippen molar-refractivity contribution in [1.82, 2.24) is 14.9 Å². The molecule has 0 saturated carbocycles. The van der Waals surface area contributed by atoms with Crippen LogP contribution in [0.4, 0.5) is 10.5 Å². The maximum atomic E-state index is 12.9. The number of aromatic nitrogens is 2. The Balaban J connectivity index is 1.15. The van der Waals surface area contributed by atoms with Crippen LogP contribution in [0, 0.1) is 0 Å². The van der Waals surface area contributed by atoms with Gasteiger partial charge in [-0.25, -0.2) is 9.59 Å². The number of pyridine rings is 1. The number of hydrogen-bond acceptors (Lipinski definition) is 7. The number of phenols is 1. The average Bonchev–Trinajstić information content (AvgIpc) is 3.43. The summed E-state index contributed by atoms with van der Waals surface area (Å²) in [5, 5.41) is 26.5. The number of nitrogens with zero attached hydrogens (tertiary/aromatic N) is 1. The molecule has 12 heteroatoms. The van der Waals surface area contributed by atoms with Crippen molar-refractivity contribution in [2.75, 3.05) is 11.9 Å². The first-order chi connectivity index (χ1) is 25.7. The van der Waals surface area contributed by atoms with Crippen molar-refractivity contribution in [1.29, 1.82) is 0 Å². The van der Waals surface area contributed by atoms with E-state index in [4.69, 9.17) is 8.84 Å². The Labute approximate surface area is 314 Å². The molecule has 0 spiro atoms. The van der Waals surface area contributed by atoms with Crippen LogP contribution in [-0.4, -0.2) is 40.7 Å². The molecule has 5 N–H and O–H groups in total. The molecule has 11 nitrogen and oxygen atoms in total. The van der Waals surface area contributed by atoms with Gasteiger partial charge in [0.05, 0.1) is 22.8 Å². The molecule has 4 aromatic carbocycles. The Bertz CT molecular complexity index is 2440. The van der Waals surface area contributed by atoms with Gasteiger partial charge in [0.1, 0.15) is 5.75 Å². The van der Waals surface area contributed by atoms with Gasteiger partial charge in [0.15, 0.2) is 13.9 Å². The van der Waals surface area contributed by atoms with Crippen LogP contribution in [-0.2, 0) is 17.5 Å². The van der Waals surface area contributed by atoms with E-state index in [-0.39, 0.29) is 22.5 Å². The summed E-state index contributed by atoms with van der Waals surface area (Å²) in [4.78, 5) is 39.1. The van der Waals surface area contributed by atoms with Gasteiger partial charge in [-0.1, -0.05) is 81.5 Å². The van der Waals surface area contributed by atoms with E-state index < -0.39 is 20.2 Å². The van der Waals surface area contributed by atoms with E-state index >= 15 is 0 Å². The summed E-state index contributed by atoms with van der Waals surface area (Å²) in [6.07, 6.45) is 3.02. The van der Waals surface area contributed by atoms with Gasteiger partial charge in [0.25, 0.3) is 0 Å². The lowest BCUT2D eigenvalue weighted by molar-refractivity contribution is 0.181. The first-order valence-corrected chi connectivity index (χ1v) is 20.8. The number of fused-ring (bicyclic) bond motifs is 2. The van der Waals surface area contributed by atoms with Gasteiger partial charge in [-0.3, -0.25) is 14.7 Å². The molecule has 2 heterocycles. The van der Waals surface area contributed by atoms with E-state index in [9.17, 15) is 24.6 Å². The highest BCUT2D eigenvalue weighted by molar-refractivity contribution is 6.74. The molecule has 54 heavy (non-hydrogen) atoms. The van der Waals surface area contributed by atoms with Crippen LogP contribution in [0.1, 0.15) is 50.0 Å². The fourth-order valence-corrected chi connectivity index (χ4v) is 7.51. The van der Waals surface area contributed by atoms with E-state index in [2.05, 4.69) is 49.5 Å². The summed E-state index contributed by atoms with van der Waals surface area (Å²) < 4.78 is 14.2. The molecule has 1 amide bonds. The zero-order valence-corrected chi connectivity index (χ0v) is 32.1. The minimum Gasteiger partial charge on any atom is -0.506 e. The Morgan fingerprint density at radius 2 is 1.78 bits per heavy atom. The van der Waals surface area contributed by atoms with Crippen molar-refractivity contribution < 1.29 is 23.9 Å². The van der Waals surface area contributed by atoms with Crippen molar-refractivity contribution in [3.63, 3.8) is 0 Å². The second-order valence-electron chi connectivity index (χ2n) is 14.9. The highest BCUT2D eigenvalue weighted by Crippen LogP contribution is 2.41. The zero-order valence-electron chi connectivity index (χ0n) is 31.1. The number of benzene rings is 4. The van der Waals surface area contributed by atoms with Gasteiger partial charge < -0.3 is 29.4 Å². The molecule has 0 radical (unpaired) electrons. The average molecular weight is 747 g/mol. The molecule has 6 rings (SSSR count). The second kappa shape index (κ2) is 15.7. The topological polar surface area (TPSA) is 159 Å². The number of aromatic hydroxyl groups is 1. The summed E-state index contributed by atoms with van der Waals surface area (Å²) in [5.41, 5.74) is 6.16. The van der Waals surface area contributed by atoms with Crippen molar-refractivity contribution in [3.8, 4) is 16.9 Å². The lowest BCUT2D eigenvalue weighted by Crippen LogP contribution is -2.43. The zero-order chi connectivity index (χ0) is 38.6. The third kappa shape index (κ3) is 8.57. The van der Waals surface area contributed by atoms with Crippen molar-refractivity contribution >= 4 is 48.2 Å². The smallest absolute Gasteiger partial charge is 0.419 e. The molecule has 0 bridgehead atoms. The molecular weight excluding hydrogens is 701 g/mol. The first kappa shape index (κ1) is 38.0. The monoisotopic (exact) mass is 746 g/mol. The SMILES string of the molecule is CC(C)(C)[Si](C)(C)OC(CNCc1ccc2c(c1)oc(=O)n2CC/C=C/c1ccc(NC(=O)O)c(-c2ccccc2)c1)c1ccc(O)c2[nH]c(=O)ccc12. The summed E-state index contributed by atoms with van der Waals surface area (Å²) in [6.45, 7) is 12.3. The second-order valence-corrected chi connectivity index (χ2v) is 19.7. The van der Waals surface area contributed by atoms with Crippen LogP contribution in [0.5, 0.6) is 5.75 Å². The number of hydrogen-bond donors (Lipinski definition) is 5. The molecule has 0 fully saturated rings.